The summed E-state index contributed by atoms with van der Waals surface area (Å²) in [5.74, 6) is -2.22. The van der Waals surface area contributed by atoms with Gasteiger partial charge in [-0.05, 0) is 17.7 Å². The van der Waals surface area contributed by atoms with Crippen LogP contribution in [-0.2, 0) is 52.7 Å². The summed E-state index contributed by atoms with van der Waals surface area (Å²) >= 11 is 0. The monoisotopic (exact) mass is 770 g/mol. The first-order valence-corrected chi connectivity index (χ1v) is 18.1. The zero-order valence-electron chi connectivity index (χ0n) is 30.5. The molecule has 300 valence electrons. The van der Waals surface area contributed by atoms with Gasteiger partial charge >= 0.3 is 0 Å². The largest absolute Gasteiger partial charge is 0.508 e. The van der Waals surface area contributed by atoms with E-state index >= 15 is 0 Å². The van der Waals surface area contributed by atoms with Gasteiger partial charge in [-0.1, -0.05) is 35.5 Å². The van der Waals surface area contributed by atoms with Crippen LogP contribution in [0.15, 0.2) is 60.8 Å². The summed E-state index contributed by atoms with van der Waals surface area (Å²) in [6.45, 7) is 5.72. The number of phenols is 5. The van der Waals surface area contributed by atoms with Crippen LogP contribution in [0, 0.1) is 0 Å². The summed E-state index contributed by atoms with van der Waals surface area (Å²) in [5, 5.41) is 60.4. The summed E-state index contributed by atoms with van der Waals surface area (Å²) in [4.78, 5) is 0. The molecule has 0 aliphatic carbocycles. The number of aromatic nitrogens is 3. The molecule has 0 saturated heterocycles. The van der Waals surface area contributed by atoms with Crippen molar-refractivity contribution in [2.24, 2.45) is 5.73 Å². The molecular formula is C38H50N4O13. The maximum Gasteiger partial charge on any atom is 0.200 e. The average Bonchev–Trinajstić information content (AvgIpc) is 3.63. The first kappa shape index (κ1) is 41.4. The summed E-state index contributed by atoms with van der Waals surface area (Å²) in [6, 6.07) is 14.4. The quantitative estimate of drug-likeness (QED) is 0.0420. The van der Waals surface area contributed by atoms with E-state index in [9.17, 15) is 25.5 Å². The highest BCUT2D eigenvalue weighted by Gasteiger charge is 2.43. The molecule has 2 heterocycles. The molecule has 55 heavy (non-hydrogen) atoms. The van der Waals surface area contributed by atoms with Crippen molar-refractivity contribution in [1.29, 1.82) is 0 Å². The standard InChI is InChI=1S/C38H50N4O13/c39-7-10-49-13-15-51-17-19-52-18-16-50-14-12-48-9-6-28-24-42(41-40-28)8-11-53-37-34-30(44)22-29(43)23-33(34)55-36(27-20-31(45)35(47)32(46)21-27)38(37)54-25-26-4-2-1-3-5-26/h1-5,20-24,36-38,43-47H,6-19,25,39H2. The van der Waals surface area contributed by atoms with Gasteiger partial charge in [0.1, 0.15) is 29.5 Å². The number of fused-ring (bicyclic) bond motifs is 1. The van der Waals surface area contributed by atoms with E-state index in [1.165, 1.54) is 24.3 Å². The number of aromatic hydroxyl groups is 5. The van der Waals surface area contributed by atoms with Gasteiger partial charge in [-0.15, -0.1) is 5.10 Å². The van der Waals surface area contributed by atoms with E-state index in [0.717, 1.165) is 11.3 Å². The lowest BCUT2D eigenvalue weighted by atomic mass is 9.90. The molecule has 1 aromatic heterocycles. The van der Waals surface area contributed by atoms with Crippen molar-refractivity contribution in [1.82, 2.24) is 15.0 Å². The van der Waals surface area contributed by atoms with E-state index in [-0.39, 0.29) is 41.6 Å². The molecule has 5 rings (SSSR count). The molecule has 3 atom stereocenters. The van der Waals surface area contributed by atoms with Gasteiger partial charge < -0.3 is 69.2 Å². The Balaban J connectivity index is 1.11. The van der Waals surface area contributed by atoms with Gasteiger partial charge in [-0.25, -0.2) is 4.68 Å². The fraction of sp³-hybridized carbons (Fsp3) is 0.474. The predicted octanol–water partition coefficient (Wildman–Crippen LogP) is 2.87. The Hall–Kier alpha value is -4.72. The van der Waals surface area contributed by atoms with Crippen LogP contribution < -0.4 is 10.5 Å². The number of phenolic OH excluding ortho intramolecular Hbond substituents is 5. The SMILES string of the molecule is NCCOCCOCCOCCOCCOCCc1cn(CCOC2c3c(O)cc(O)cc3OC(c3cc(O)c(O)c(O)c3)C2OCc2ccccc2)nn1. The average molecular weight is 771 g/mol. The molecule has 0 bridgehead atoms. The predicted molar refractivity (Wildman–Crippen MR) is 195 cm³/mol. The topological polar surface area (TPSA) is 232 Å². The third kappa shape index (κ3) is 12.7. The van der Waals surface area contributed by atoms with Gasteiger partial charge in [0, 0.05) is 36.9 Å². The molecule has 0 fully saturated rings. The molecule has 7 N–H and O–H groups in total. The minimum absolute atomic E-state index is 0.103. The van der Waals surface area contributed by atoms with Gasteiger partial charge in [0.15, 0.2) is 23.4 Å². The van der Waals surface area contributed by atoms with Crippen LogP contribution in [0.2, 0.25) is 0 Å². The van der Waals surface area contributed by atoms with E-state index < -0.39 is 35.6 Å². The lowest BCUT2D eigenvalue weighted by Gasteiger charge is -2.39. The summed E-state index contributed by atoms with van der Waals surface area (Å²) in [6.07, 6.45) is -0.579. The molecule has 3 aromatic carbocycles. The molecule has 0 amide bonds. The fourth-order valence-corrected chi connectivity index (χ4v) is 5.75. The smallest absolute Gasteiger partial charge is 0.200 e. The lowest BCUT2D eigenvalue weighted by molar-refractivity contribution is -0.140. The van der Waals surface area contributed by atoms with Crippen LogP contribution in [0.4, 0.5) is 0 Å². The van der Waals surface area contributed by atoms with E-state index in [0.29, 0.717) is 85.6 Å². The molecule has 1 aliphatic rings. The minimum Gasteiger partial charge on any atom is -0.508 e. The Bertz CT molecular complexity index is 1710. The van der Waals surface area contributed by atoms with E-state index in [1.54, 1.807) is 10.9 Å². The normalized spacial score (nSPS) is 16.6. The van der Waals surface area contributed by atoms with Crippen LogP contribution in [-0.4, -0.2) is 126 Å². The van der Waals surface area contributed by atoms with E-state index in [2.05, 4.69) is 10.3 Å². The summed E-state index contributed by atoms with van der Waals surface area (Å²) in [7, 11) is 0. The third-order valence-electron chi connectivity index (χ3n) is 8.40. The van der Waals surface area contributed by atoms with Gasteiger partial charge in [0.05, 0.1) is 97.1 Å². The molecule has 17 heteroatoms. The number of hydrogen-bond donors (Lipinski definition) is 6. The van der Waals surface area contributed by atoms with Crippen LogP contribution in [0.5, 0.6) is 34.5 Å². The maximum atomic E-state index is 11.0. The van der Waals surface area contributed by atoms with Gasteiger partial charge in [0.2, 0.25) is 0 Å². The van der Waals surface area contributed by atoms with Crippen LogP contribution >= 0.6 is 0 Å². The molecule has 17 nitrogen and oxygen atoms in total. The van der Waals surface area contributed by atoms with Gasteiger partial charge in [-0.3, -0.25) is 0 Å². The van der Waals surface area contributed by atoms with Crippen LogP contribution in [0.3, 0.4) is 0 Å². The third-order valence-corrected chi connectivity index (χ3v) is 8.40. The number of nitrogens with zero attached hydrogens (tertiary/aromatic N) is 3. The Morgan fingerprint density at radius 2 is 1.31 bits per heavy atom. The van der Waals surface area contributed by atoms with E-state index in [1.807, 2.05) is 30.3 Å². The van der Waals surface area contributed by atoms with Gasteiger partial charge in [-0.2, -0.15) is 0 Å². The van der Waals surface area contributed by atoms with Crippen molar-refractivity contribution < 1.29 is 63.4 Å². The molecule has 1 aliphatic heterocycles. The fourth-order valence-electron chi connectivity index (χ4n) is 5.75. The first-order valence-electron chi connectivity index (χ1n) is 18.1. The van der Waals surface area contributed by atoms with Crippen molar-refractivity contribution in [3.8, 4) is 34.5 Å². The van der Waals surface area contributed by atoms with Crippen LogP contribution in [0.25, 0.3) is 0 Å². The highest BCUT2D eigenvalue weighted by atomic mass is 16.6. The van der Waals surface area contributed by atoms with Gasteiger partial charge in [0.25, 0.3) is 0 Å². The Kier molecular flexibility index (Phi) is 16.6. The van der Waals surface area contributed by atoms with Crippen molar-refractivity contribution in [2.45, 2.75) is 37.9 Å². The molecule has 3 unspecified atom stereocenters. The zero-order chi connectivity index (χ0) is 38.8. The highest BCUT2D eigenvalue weighted by Crippen LogP contribution is 2.51. The van der Waals surface area contributed by atoms with Crippen molar-refractivity contribution in [2.75, 3.05) is 79.2 Å². The minimum atomic E-state index is -1.01. The van der Waals surface area contributed by atoms with Crippen LogP contribution in [0.1, 0.15) is 34.6 Å². The van der Waals surface area contributed by atoms with E-state index in [4.69, 9.17) is 43.6 Å². The number of rotatable bonds is 25. The number of ether oxygens (including phenoxy) is 8. The summed E-state index contributed by atoms with van der Waals surface area (Å²) < 4.78 is 48.0. The van der Waals surface area contributed by atoms with Crippen molar-refractivity contribution in [3.05, 3.63) is 83.2 Å². The Labute approximate surface area is 318 Å². The maximum absolute atomic E-state index is 11.0. The summed E-state index contributed by atoms with van der Waals surface area (Å²) in [5.41, 5.74) is 7.44. The first-order chi connectivity index (χ1) is 26.8. The molecule has 4 aromatic rings. The molecule has 0 spiro atoms. The van der Waals surface area contributed by atoms with Crippen molar-refractivity contribution >= 4 is 0 Å². The highest BCUT2D eigenvalue weighted by molar-refractivity contribution is 5.55. The second kappa shape index (κ2) is 22.0. The second-order valence-electron chi connectivity index (χ2n) is 12.4. The number of benzene rings is 3. The van der Waals surface area contributed by atoms with Crippen molar-refractivity contribution in [3.63, 3.8) is 0 Å². The molecular weight excluding hydrogens is 720 g/mol. The lowest BCUT2D eigenvalue weighted by Crippen LogP contribution is -2.38. The zero-order valence-corrected chi connectivity index (χ0v) is 30.5. The molecule has 0 radical (unpaired) electrons. The number of hydrogen-bond acceptors (Lipinski definition) is 16. The Morgan fingerprint density at radius 1 is 0.691 bits per heavy atom. The second-order valence-corrected chi connectivity index (χ2v) is 12.4. The number of nitrogens with two attached hydrogens (primary N) is 1. The molecule has 0 saturated carbocycles. The Morgan fingerprint density at radius 3 is 1.95 bits per heavy atom.